The number of hydrogen-bond donors (Lipinski definition) is 0. The molecule has 0 saturated carbocycles. The number of halogens is 1. The van der Waals surface area contributed by atoms with Crippen LogP contribution in [0.5, 0.6) is 0 Å². The van der Waals surface area contributed by atoms with Crippen LogP contribution in [0.4, 0.5) is 4.39 Å². The van der Waals surface area contributed by atoms with Gasteiger partial charge in [0.15, 0.2) is 0 Å². The minimum Gasteiger partial charge on any atom is -0.306 e. The molecule has 0 unspecified atom stereocenters. The molecule has 0 radical (unpaired) electrons. The minimum absolute atomic E-state index is 0.0742. The van der Waals surface area contributed by atoms with Crippen molar-refractivity contribution < 1.29 is 14.0 Å². The lowest BCUT2D eigenvalue weighted by atomic mass is 9.77. The van der Waals surface area contributed by atoms with Crippen LogP contribution in [-0.4, -0.2) is 55.0 Å². The fourth-order valence-corrected chi connectivity index (χ4v) is 2.61. The zero-order valence-corrected chi connectivity index (χ0v) is 9.54. The van der Waals surface area contributed by atoms with Crippen LogP contribution < -0.4 is 0 Å². The average Bonchev–Trinajstić information content (AvgIpc) is 2.49. The first-order valence-corrected chi connectivity index (χ1v) is 5.68. The number of piperidine rings is 1. The van der Waals surface area contributed by atoms with Crippen molar-refractivity contribution in [2.24, 2.45) is 5.41 Å². The second kappa shape index (κ2) is 4.13. The van der Waals surface area contributed by atoms with E-state index in [4.69, 9.17) is 0 Å². The van der Waals surface area contributed by atoms with Crippen molar-refractivity contribution in [3.63, 3.8) is 0 Å². The normalized spacial score (nSPS) is 25.8. The van der Waals surface area contributed by atoms with E-state index in [1.165, 1.54) is 0 Å². The molecule has 0 atom stereocenters. The maximum absolute atomic E-state index is 12.3. The summed E-state index contributed by atoms with van der Waals surface area (Å²) in [6.45, 7) is 0.952. The number of alkyl halides is 1. The summed E-state index contributed by atoms with van der Waals surface area (Å²) in [5, 5.41) is 0. The van der Waals surface area contributed by atoms with Gasteiger partial charge in [-0.05, 0) is 33.0 Å². The molecule has 2 heterocycles. The Morgan fingerprint density at radius 2 is 1.94 bits per heavy atom. The van der Waals surface area contributed by atoms with Crippen LogP contribution >= 0.6 is 0 Å². The summed E-state index contributed by atoms with van der Waals surface area (Å²) in [6, 6.07) is 0. The smallest absolute Gasteiger partial charge is 0.236 e. The van der Waals surface area contributed by atoms with E-state index in [1.807, 2.05) is 7.05 Å². The fourth-order valence-electron chi connectivity index (χ4n) is 2.61. The summed E-state index contributed by atoms with van der Waals surface area (Å²) in [5.74, 6) is -0.351. The summed E-state index contributed by atoms with van der Waals surface area (Å²) < 4.78 is 12.3. The number of rotatable bonds is 2. The molecule has 2 aliphatic rings. The molecular weight excluding hydrogens is 210 g/mol. The van der Waals surface area contributed by atoms with Gasteiger partial charge in [0.05, 0.1) is 12.0 Å². The van der Waals surface area contributed by atoms with Gasteiger partial charge >= 0.3 is 0 Å². The van der Waals surface area contributed by atoms with E-state index in [-0.39, 0.29) is 24.8 Å². The molecule has 0 aromatic heterocycles. The summed E-state index contributed by atoms with van der Waals surface area (Å²) in [5.41, 5.74) is -0.515. The number of likely N-dealkylation sites (tertiary alicyclic amines) is 2. The highest BCUT2D eigenvalue weighted by Gasteiger charge is 2.51. The lowest BCUT2D eigenvalue weighted by Gasteiger charge is -2.35. The molecule has 90 valence electrons. The summed E-state index contributed by atoms with van der Waals surface area (Å²) in [7, 11) is 2.01. The summed E-state index contributed by atoms with van der Waals surface area (Å²) in [6.07, 6.45) is 1.72. The first kappa shape index (κ1) is 11.5. The van der Waals surface area contributed by atoms with Crippen molar-refractivity contribution >= 4 is 11.8 Å². The minimum atomic E-state index is -0.645. The molecule has 2 fully saturated rings. The van der Waals surface area contributed by atoms with Gasteiger partial charge in [-0.3, -0.25) is 14.5 Å². The molecule has 0 aromatic carbocycles. The number of carbonyl (C=O) groups is 2. The SMILES string of the molecule is CN1CCC2(CC1)CC(=O)N(CC[18F])C2=O. The van der Waals surface area contributed by atoms with Crippen molar-refractivity contribution in [2.75, 3.05) is 33.4 Å². The maximum atomic E-state index is 12.3. The van der Waals surface area contributed by atoms with Crippen LogP contribution in [0.1, 0.15) is 19.3 Å². The van der Waals surface area contributed by atoms with Gasteiger partial charge in [0.1, 0.15) is 6.67 Å². The molecule has 1 spiro atoms. The Morgan fingerprint density at radius 3 is 2.50 bits per heavy atom. The lowest BCUT2D eigenvalue weighted by Crippen LogP contribution is -2.43. The molecule has 0 bridgehead atoms. The molecule has 2 aliphatic heterocycles. The highest BCUT2D eigenvalue weighted by atomic mass is 18.2. The molecule has 5 heteroatoms. The molecule has 0 aromatic rings. The van der Waals surface area contributed by atoms with Crippen LogP contribution in [0.25, 0.3) is 0 Å². The van der Waals surface area contributed by atoms with Crippen LogP contribution in [0, 0.1) is 5.41 Å². The molecule has 16 heavy (non-hydrogen) atoms. The van der Waals surface area contributed by atoms with Gasteiger partial charge in [0, 0.05) is 6.42 Å². The molecule has 0 N–H and O–H groups in total. The predicted octanol–water partition coefficient (Wildman–Crippen LogP) is 0.427. The van der Waals surface area contributed by atoms with Crippen molar-refractivity contribution in [1.29, 1.82) is 0 Å². The Bertz CT molecular complexity index is 311. The van der Waals surface area contributed by atoms with Crippen LogP contribution in [-0.2, 0) is 9.59 Å². The van der Waals surface area contributed by atoms with E-state index in [9.17, 15) is 14.0 Å². The van der Waals surface area contributed by atoms with Crippen molar-refractivity contribution in [1.82, 2.24) is 9.80 Å². The van der Waals surface area contributed by atoms with Crippen molar-refractivity contribution in [3.05, 3.63) is 0 Å². The average molecular weight is 227 g/mol. The molecule has 0 aliphatic carbocycles. The Morgan fingerprint density at radius 1 is 1.31 bits per heavy atom. The van der Waals surface area contributed by atoms with Crippen LogP contribution in [0.3, 0.4) is 0 Å². The number of amides is 2. The Labute approximate surface area is 94.4 Å². The Balaban J connectivity index is 2.13. The number of carbonyl (C=O) groups excluding carboxylic acids is 2. The van der Waals surface area contributed by atoms with Gasteiger partial charge < -0.3 is 4.90 Å². The lowest BCUT2D eigenvalue weighted by molar-refractivity contribution is -0.142. The second-order valence-corrected chi connectivity index (χ2v) is 4.80. The quantitative estimate of drug-likeness (QED) is 0.642. The molecule has 4 nitrogen and oxygen atoms in total. The van der Waals surface area contributed by atoms with Gasteiger partial charge in [-0.25, -0.2) is 4.39 Å². The number of nitrogens with zero attached hydrogens (tertiary/aromatic N) is 2. The third-order valence-electron chi connectivity index (χ3n) is 3.74. The van der Waals surface area contributed by atoms with E-state index in [0.29, 0.717) is 0 Å². The molecule has 2 rings (SSSR count). The third-order valence-corrected chi connectivity index (χ3v) is 3.74. The van der Waals surface area contributed by atoms with Crippen LogP contribution in [0.15, 0.2) is 0 Å². The highest BCUT2D eigenvalue weighted by molar-refractivity contribution is 6.05. The largest absolute Gasteiger partial charge is 0.306 e. The Hall–Kier alpha value is -0.970. The van der Waals surface area contributed by atoms with Gasteiger partial charge in [-0.1, -0.05) is 0 Å². The number of hydrogen-bond acceptors (Lipinski definition) is 3. The van der Waals surface area contributed by atoms with Gasteiger partial charge in [0.25, 0.3) is 0 Å². The number of imide groups is 1. The van der Waals surface area contributed by atoms with Gasteiger partial charge in [-0.15, -0.1) is 0 Å². The van der Waals surface area contributed by atoms with E-state index >= 15 is 0 Å². The van der Waals surface area contributed by atoms with Gasteiger partial charge in [0.2, 0.25) is 11.8 Å². The Kier molecular flexibility index (Phi) is 2.97. The standard InChI is InChI=1S/C11H17FN2O2/c1-13-5-2-11(3-6-13)8-9(15)14(7-4-12)10(11)16/h2-8H2,1H3/i12-1. The third kappa shape index (κ3) is 1.73. The van der Waals surface area contributed by atoms with Crippen LogP contribution in [0.2, 0.25) is 0 Å². The fraction of sp³-hybridized carbons (Fsp3) is 0.818. The van der Waals surface area contributed by atoms with Gasteiger partial charge in [-0.2, -0.15) is 0 Å². The van der Waals surface area contributed by atoms with E-state index in [1.54, 1.807) is 0 Å². The van der Waals surface area contributed by atoms with E-state index in [0.717, 1.165) is 30.8 Å². The van der Waals surface area contributed by atoms with Crippen molar-refractivity contribution in [2.45, 2.75) is 19.3 Å². The highest BCUT2D eigenvalue weighted by Crippen LogP contribution is 2.41. The summed E-state index contributed by atoms with van der Waals surface area (Å²) in [4.78, 5) is 27.0. The molecule has 2 amide bonds. The predicted molar refractivity (Wildman–Crippen MR) is 56.5 cm³/mol. The topological polar surface area (TPSA) is 40.6 Å². The maximum Gasteiger partial charge on any atom is 0.236 e. The second-order valence-electron chi connectivity index (χ2n) is 4.80. The molecule has 2 saturated heterocycles. The first-order chi connectivity index (χ1) is 7.59. The molecular formula is C11H17FN2O2. The zero-order valence-electron chi connectivity index (χ0n) is 9.54. The van der Waals surface area contributed by atoms with E-state index < -0.39 is 12.1 Å². The first-order valence-electron chi connectivity index (χ1n) is 5.68. The summed E-state index contributed by atoms with van der Waals surface area (Å²) >= 11 is 0. The van der Waals surface area contributed by atoms with E-state index in [2.05, 4.69) is 4.90 Å². The zero-order chi connectivity index (χ0) is 11.8. The monoisotopic (exact) mass is 227 g/mol. The van der Waals surface area contributed by atoms with Crippen molar-refractivity contribution in [3.8, 4) is 0 Å².